The third-order valence-corrected chi connectivity index (χ3v) is 3.49. The third-order valence-electron chi connectivity index (χ3n) is 3.49. The molecular weight excluding hydrogens is 214 g/mol. The molecule has 0 radical (unpaired) electrons. The van der Waals surface area contributed by atoms with Crippen molar-refractivity contribution >= 4 is 0 Å². The second-order valence-electron chi connectivity index (χ2n) is 5.01. The maximum absolute atomic E-state index is 9.95. The lowest BCUT2D eigenvalue weighted by atomic mass is 9.99. The monoisotopic (exact) mass is 239 g/mol. The number of rotatable bonds is 7. The van der Waals surface area contributed by atoms with Crippen LogP contribution in [-0.2, 0) is 0 Å². The Kier molecular flexibility index (Phi) is 5.72. The molecule has 4 atom stereocenters. The van der Waals surface area contributed by atoms with Crippen LogP contribution in [0.25, 0.3) is 0 Å². The first-order valence-electron chi connectivity index (χ1n) is 6.52. The van der Waals surface area contributed by atoms with Crippen LogP contribution in [0.1, 0.15) is 52.4 Å². The van der Waals surface area contributed by atoms with E-state index >= 15 is 0 Å². The summed E-state index contributed by atoms with van der Waals surface area (Å²) >= 11 is 0. The summed E-state index contributed by atoms with van der Waals surface area (Å²) in [5, 5.41) is 13.5. The summed E-state index contributed by atoms with van der Waals surface area (Å²) in [5.74, 6) is 1.30. The Bertz CT molecular complexity index is 297. The van der Waals surface area contributed by atoms with Gasteiger partial charge < -0.3 is 14.8 Å². The van der Waals surface area contributed by atoms with E-state index in [1.807, 2.05) is 6.07 Å². The number of aliphatic hydroxyl groups excluding tert-OH is 1. The Balaban J connectivity index is 2.36. The molecule has 0 fully saturated rings. The zero-order valence-electron chi connectivity index (χ0n) is 11.3. The highest BCUT2D eigenvalue weighted by molar-refractivity contribution is 5.02. The van der Waals surface area contributed by atoms with Crippen LogP contribution in [-0.4, -0.2) is 17.2 Å². The highest BCUT2D eigenvalue weighted by Gasteiger charge is 2.17. The van der Waals surface area contributed by atoms with Crippen molar-refractivity contribution in [2.75, 3.05) is 0 Å². The fourth-order valence-electron chi connectivity index (χ4n) is 1.97. The van der Waals surface area contributed by atoms with Crippen LogP contribution in [0, 0.1) is 5.92 Å². The molecule has 0 aliphatic carbocycles. The average molecular weight is 239 g/mol. The summed E-state index contributed by atoms with van der Waals surface area (Å²) in [6, 6.07) is 4.37. The molecule has 1 aromatic heterocycles. The number of hydrogen-bond donors (Lipinski definition) is 2. The molecule has 3 heteroatoms. The van der Waals surface area contributed by atoms with Gasteiger partial charge in [-0.15, -0.1) is 0 Å². The molecule has 0 aliphatic heterocycles. The van der Waals surface area contributed by atoms with Gasteiger partial charge in [0.25, 0.3) is 0 Å². The molecule has 4 unspecified atom stereocenters. The van der Waals surface area contributed by atoms with Gasteiger partial charge >= 0.3 is 0 Å². The molecule has 0 saturated heterocycles. The van der Waals surface area contributed by atoms with Crippen LogP contribution in [0.15, 0.2) is 22.8 Å². The average Bonchev–Trinajstić information content (AvgIpc) is 2.80. The number of furan rings is 1. The van der Waals surface area contributed by atoms with Crippen LogP contribution in [0.4, 0.5) is 0 Å². The molecule has 0 spiro atoms. The standard InChI is InChI=1S/C14H25NO2/c1-5-10(2)12(4)15-11(3)9-13(16)14-7-6-8-17-14/h6-8,10-13,15-16H,5,9H2,1-4H3. The first kappa shape index (κ1) is 14.3. The molecule has 0 saturated carbocycles. The van der Waals surface area contributed by atoms with E-state index in [1.54, 1.807) is 12.3 Å². The van der Waals surface area contributed by atoms with Crippen molar-refractivity contribution in [1.29, 1.82) is 0 Å². The van der Waals surface area contributed by atoms with Crippen LogP contribution in [0.5, 0.6) is 0 Å². The Morgan fingerprint density at radius 2 is 2.06 bits per heavy atom. The van der Waals surface area contributed by atoms with Gasteiger partial charge in [-0.2, -0.15) is 0 Å². The Labute approximate surface area is 104 Å². The molecule has 17 heavy (non-hydrogen) atoms. The maximum atomic E-state index is 9.95. The van der Waals surface area contributed by atoms with Crippen molar-refractivity contribution in [2.24, 2.45) is 5.92 Å². The lowest BCUT2D eigenvalue weighted by Gasteiger charge is -2.25. The summed E-state index contributed by atoms with van der Waals surface area (Å²) in [5.41, 5.74) is 0. The number of aliphatic hydroxyl groups is 1. The first-order valence-corrected chi connectivity index (χ1v) is 6.52. The summed E-state index contributed by atoms with van der Waals surface area (Å²) < 4.78 is 5.19. The molecule has 0 aliphatic rings. The van der Waals surface area contributed by atoms with Gasteiger partial charge in [-0.25, -0.2) is 0 Å². The molecule has 98 valence electrons. The van der Waals surface area contributed by atoms with Gasteiger partial charge in [0.1, 0.15) is 11.9 Å². The Morgan fingerprint density at radius 3 is 2.59 bits per heavy atom. The van der Waals surface area contributed by atoms with Crippen molar-refractivity contribution in [3.05, 3.63) is 24.2 Å². The molecule has 0 amide bonds. The summed E-state index contributed by atoms with van der Waals surface area (Å²) in [4.78, 5) is 0. The van der Waals surface area contributed by atoms with Crippen LogP contribution < -0.4 is 5.32 Å². The second kappa shape index (κ2) is 6.82. The predicted molar refractivity (Wildman–Crippen MR) is 69.8 cm³/mol. The number of nitrogens with one attached hydrogen (secondary N) is 1. The third kappa shape index (κ3) is 4.52. The zero-order chi connectivity index (χ0) is 12.8. The molecule has 1 heterocycles. The molecular formula is C14H25NO2. The molecule has 1 rings (SSSR count). The van der Waals surface area contributed by atoms with Gasteiger partial charge in [0, 0.05) is 12.1 Å². The first-order chi connectivity index (χ1) is 8.04. The van der Waals surface area contributed by atoms with Crippen LogP contribution in [0.3, 0.4) is 0 Å². The summed E-state index contributed by atoms with van der Waals surface area (Å²) in [6.07, 6.45) is 2.92. The summed E-state index contributed by atoms with van der Waals surface area (Å²) in [7, 11) is 0. The minimum absolute atomic E-state index is 0.277. The highest BCUT2D eigenvalue weighted by Crippen LogP contribution is 2.19. The lowest BCUT2D eigenvalue weighted by molar-refractivity contribution is 0.125. The van der Waals surface area contributed by atoms with Gasteiger partial charge in [-0.05, 0) is 38.3 Å². The Hall–Kier alpha value is -0.800. The number of hydrogen-bond acceptors (Lipinski definition) is 3. The van der Waals surface area contributed by atoms with E-state index in [1.165, 1.54) is 6.42 Å². The van der Waals surface area contributed by atoms with Gasteiger partial charge in [-0.3, -0.25) is 0 Å². The second-order valence-corrected chi connectivity index (χ2v) is 5.01. The Morgan fingerprint density at radius 1 is 1.35 bits per heavy atom. The van der Waals surface area contributed by atoms with Gasteiger partial charge in [0.15, 0.2) is 0 Å². The molecule has 1 aromatic rings. The lowest BCUT2D eigenvalue weighted by Crippen LogP contribution is -2.39. The van der Waals surface area contributed by atoms with Crippen LogP contribution >= 0.6 is 0 Å². The van der Waals surface area contributed by atoms with Crippen molar-refractivity contribution < 1.29 is 9.52 Å². The van der Waals surface area contributed by atoms with Crippen LogP contribution in [0.2, 0.25) is 0 Å². The summed E-state index contributed by atoms with van der Waals surface area (Å²) in [6.45, 7) is 8.74. The van der Waals surface area contributed by atoms with Crippen molar-refractivity contribution in [1.82, 2.24) is 5.32 Å². The van der Waals surface area contributed by atoms with E-state index in [2.05, 4.69) is 33.0 Å². The van der Waals surface area contributed by atoms with Crippen molar-refractivity contribution in [3.63, 3.8) is 0 Å². The topological polar surface area (TPSA) is 45.4 Å². The minimum Gasteiger partial charge on any atom is -0.467 e. The SMILES string of the molecule is CCC(C)C(C)NC(C)CC(O)c1ccco1. The van der Waals surface area contributed by atoms with E-state index in [9.17, 15) is 5.11 Å². The molecule has 0 aromatic carbocycles. The van der Waals surface area contributed by atoms with E-state index in [0.29, 0.717) is 24.1 Å². The van der Waals surface area contributed by atoms with Gasteiger partial charge in [0.2, 0.25) is 0 Å². The zero-order valence-corrected chi connectivity index (χ0v) is 11.3. The smallest absolute Gasteiger partial charge is 0.132 e. The van der Waals surface area contributed by atoms with Crippen molar-refractivity contribution in [3.8, 4) is 0 Å². The minimum atomic E-state index is -0.517. The van der Waals surface area contributed by atoms with Crippen molar-refractivity contribution in [2.45, 2.75) is 58.7 Å². The normalized spacial score (nSPS) is 18.6. The quantitative estimate of drug-likeness (QED) is 0.768. The molecule has 0 bridgehead atoms. The predicted octanol–water partition coefficient (Wildman–Crippen LogP) is 3.12. The molecule has 3 nitrogen and oxygen atoms in total. The van der Waals surface area contributed by atoms with Gasteiger partial charge in [0.05, 0.1) is 6.26 Å². The fourth-order valence-corrected chi connectivity index (χ4v) is 1.97. The maximum Gasteiger partial charge on any atom is 0.132 e. The van der Waals surface area contributed by atoms with E-state index in [4.69, 9.17) is 4.42 Å². The van der Waals surface area contributed by atoms with E-state index in [-0.39, 0.29) is 6.04 Å². The van der Waals surface area contributed by atoms with Gasteiger partial charge in [-0.1, -0.05) is 20.3 Å². The highest BCUT2D eigenvalue weighted by atomic mass is 16.4. The fraction of sp³-hybridized carbons (Fsp3) is 0.714. The van der Waals surface area contributed by atoms with E-state index < -0.39 is 6.10 Å². The largest absolute Gasteiger partial charge is 0.467 e. The molecule has 2 N–H and O–H groups in total. The van der Waals surface area contributed by atoms with E-state index in [0.717, 1.165) is 0 Å².